The quantitative estimate of drug-likeness (QED) is 0.901. The fourth-order valence-corrected chi connectivity index (χ4v) is 3.50. The molecule has 1 aromatic heterocycles. The Labute approximate surface area is 107 Å². The summed E-state index contributed by atoms with van der Waals surface area (Å²) >= 11 is 1.59. The molecule has 1 saturated carbocycles. The Hall–Kier alpha value is -0.450. The first-order valence-corrected chi connectivity index (χ1v) is 7.08. The normalized spacial score (nSPS) is 31.4. The van der Waals surface area contributed by atoms with Crippen molar-refractivity contribution in [1.29, 1.82) is 0 Å². The lowest BCUT2D eigenvalue weighted by molar-refractivity contribution is -0.0531. The first-order chi connectivity index (χ1) is 8.07. The van der Waals surface area contributed by atoms with Gasteiger partial charge in [0.1, 0.15) is 10.6 Å². The van der Waals surface area contributed by atoms with Crippen LogP contribution in [0.2, 0.25) is 0 Å². The minimum atomic E-state index is -0.433. The predicted octanol–water partition coefficient (Wildman–Crippen LogP) is 3.25. The second-order valence-corrected chi connectivity index (χ2v) is 6.19. The summed E-state index contributed by atoms with van der Waals surface area (Å²) in [6.07, 6.45) is 5.81. The zero-order chi connectivity index (χ0) is 12.5. The van der Waals surface area contributed by atoms with Gasteiger partial charge in [-0.25, -0.2) is 4.98 Å². The zero-order valence-electron chi connectivity index (χ0n) is 10.8. The van der Waals surface area contributed by atoms with Crippen LogP contribution < -0.4 is 0 Å². The molecule has 4 heteroatoms. The number of hydrogen-bond acceptors (Lipinski definition) is 4. The average Bonchev–Trinajstić information content (AvgIpc) is 2.81. The number of nitrogens with zero attached hydrogens (tertiary/aromatic N) is 1. The number of methoxy groups -OCH3 is 1. The van der Waals surface area contributed by atoms with Crippen LogP contribution in [0, 0.1) is 5.92 Å². The van der Waals surface area contributed by atoms with Crippen LogP contribution in [-0.2, 0) is 10.3 Å². The van der Waals surface area contributed by atoms with Gasteiger partial charge in [-0.05, 0) is 38.5 Å². The molecule has 1 N–H and O–H groups in total. The third-order valence-corrected chi connectivity index (χ3v) is 5.15. The van der Waals surface area contributed by atoms with E-state index in [0.29, 0.717) is 0 Å². The number of rotatable bonds is 3. The molecule has 1 atom stereocenters. The SMILES string of the molecule is COC1(c2ncc(C(C)O)s2)CCC(C)CC1. The van der Waals surface area contributed by atoms with Crippen molar-refractivity contribution in [2.45, 2.75) is 51.2 Å². The molecule has 2 rings (SSSR count). The highest BCUT2D eigenvalue weighted by Crippen LogP contribution is 2.43. The highest BCUT2D eigenvalue weighted by atomic mass is 32.1. The molecule has 1 fully saturated rings. The van der Waals surface area contributed by atoms with Crippen molar-refractivity contribution in [3.8, 4) is 0 Å². The van der Waals surface area contributed by atoms with Crippen LogP contribution in [0.15, 0.2) is 6.20 Å². The van der Waals surface area contributed by atoms with Crippen molar-refractivity contribution >= 4 is 11.3 Å². The van der Waals surface area contributed by atoms with Gasteiger partial charge in [-0.3, -0.25) is 0 Å². The van der Waals surface area contributed by atoms with E-state index in [1.54, 1.807) is 31.6 Å². The Bertz CT molecular complexity index is 367. The van der Waals surface area contributed by atoms with E-state index in [0.717, 1.165) is 28.6 Å². The number of aromatic nitrogens is 1. The molecule has 1 aliphatic rings. The van der Waals surface area contributed by atoms with E-state index in [9.17, 15) is 5.11 Å². The highest BCUT2D eigenvalue weighted by Gasteiger charge is 2.38. The molecule has 0 bridgehead atoms. The number of aliphatic hydroxyl groups is 1. The lowest BCUT2D eigenvalue weighted by atomic mass is 9.80. The molecular weight excluding hydrogens is 234 g/mol. The van der Waals surface area contributed by atoms with E-state index >= 15 is 0 Å². The third kappa shape index (κ3) is 2.54. The fourth-order valence-electron chi connectivity index (χ4n) is 2.42. The molecule has 0 spiro atoms. The standard InChI is InChI=1S/C13H21NO2S/c1-9-4-6-13(16-3,7-5-9)12-14-8-11(17-12)10(2)15/h8-10,15H,4-7H2,1-3H3. The largest absolute Gasteiger partial charge is 0.388 e. The van der Waals surface area contributed by atoms with Crippen LogP contribution in [0.25, 0.3) is 0 Å². The summed E-state index contributed by atoms with van der Waals surface area (Å²) in [7, 11) is 1.78. The third-order valence-electron chi connectivity index (χ3n) is 3.80. The van der Waals surface area contributed by atoms with Crippen LogP contribution in [0.4, 0.5) is 0 Å². The van der Waals surface area contributed by atoms with Crippen LogP contribution in [0.3, 0.4) is 0 Å². The van der Waals surface area contributed by atoms with Crippen LogP contribution in [0.5, 0.6) is 0 Å². The molecule has 0 amide bonds. The monoisotopic (exact) mass is 255 g/mol. The van der Waals surface area contributed by atoms with Gasteiger partial charge in [-0.15, -0.1) is 11.3 Å². The van der Waals surface area contributed by atoms with E-state index in [2.05, 4.69) is 11.9 Å². The molecule has 0 saturated heterocycles. The first kappa shape index (κ1) is 13.0. The molecule has 1 unspecified atom stereocenters. The summed E-state index contributed by atoms with van der Waals surface area (Å²) in [6.45, 7) is 4.07. The molecule has 96 valence electrons. The molecule has 3 nitrogen and oxygen atoms in total. The fraction of sp³-hybridized carbons (Fsp3) is 0.769. The maximum atomic E-state index is 9.56. The predicted molar refractivity (Wildman–Crippen MR) is 69.1 cm³/mol. The Morgan fingerprint density at radius 3 is 2.65 bits per heavy atom. The topological polar surface area (TPSA) is 42.4 Å². The summed E-state index contributed by atoms with van der Waals surface area (Å²) in [5.74, 6) is 0.787. The van der Waals surface area contributed by atoms with Gasteiger partial charge in [0.25, 0.3) is 0 Å². The number of hydrogen-bond donors (Lipinski definition) is 1. The summed E-state index contributed by atoms with van der Waals surface area (Å²) in [4.78, 5) is 5.39. The van der Waals surface area contributed by atoms with Crippen molar-refractivity contribution < 1.29 is 9.84 Å². The van der Waals surface area contributed by atoms with Gasteiger partial charge < -0.3 is 9.84 Å². The smallest absolute Gasteiger partial charge is 0.125 e. The summed E-state index contributed by atoms with van der Waals surface area (Å²) in [5, 5.41) is 10.6. The number of aliphatic hydroxyl groups excluding tert-OH is 1. The summed E-state index contributed by atoms with van der Waals surface area (Å²) < 4.78 is 5.77. The van der Waals surface area contributed by atoms with Crippen molar-refractivity contribution in [3.05, 3.63) is 16.1 Å². The Kier molecular flexibility index (Phi) is 3.85. The van der Waals surface area contributed by atoms with Gasteiger partial charge in [0, 0.05) is 13.3 Å². The number of thiazole rings is 1. The van der Waals surface area contributed by atoms with Gasteiger partial charge in [-0.1, -0.05) is 6.92 Å². The van der Waals surface area contributed by atoms with Crippen molar-refractivity contribution in [3.63, 3.8) is 0 Å². The zero-order valence-corrected chi connectivity index (χ0v) is 11.6. The molecule has 1 aromatic rings. The molecule has 1 aliphatic carbocycles. The molecule has 0 aliphatic heterocycles. The van der Waals surface area contributed by atoms with Crippen LogP contribution in [-0.4, -0.2) is 17.2 Å². The highest BCUT2D eigenvalue weighted by molar-refractivity contribution is 7.11. The first-order valence-electron chi connectivity index (χ1n) is 6.27. The van der Waals surface area contributed by atoms with Crippen LogP contribution >= 0.6 is 11.3 Å². The second kappa shape index (κ2) is 5.04. The van der Waals surface area contributed by atoms with Gasteiger partial charge in [0.15, 0.2) is 0 Å². The lowest BCUT2D eigenvalue weighted by Crippen LogP contribution is -2.33. The van der Waals surface area contributed by atoms with Gasteiger partial charge in [0.05, 0.1) is 11.0 Å². The second-order valence-electron chi connectivity index (χ2n) is 5.12. The van der Waals surface area contributed by atoms with E-state index in [1.807, 2.05) is 0 Å². The minimum absolute atomic E-state index is 0.204. The molecule has 0 radical (unpaired) electrons. The lowest BCUT2D eigenvalue weighted by Gasteiger charge is -2.36. The van der Waals surface area contributed by atoms with Gasteiger partial charge in [0.2, 0.25) is 0 Å². The summed E-state index contributed by atoms with van der Waals surface area (Å²) in [6, 6.07) is 0. The Morgan fingerprint density at radius 2 is 2.18 bits per heavy atom. The van der Waals surface area contributed by atoms with Crippen molar-refractivity contribution in [2.24, 2.45) is 5.92 Å². The molecule has 1 heterocycles. The van der Waals surface area contributed by atoms with E-state index in [4.69, 9.17) is 4.74 Å². The Morgan fingerprint density at radius 1 is 1.53 bits per heavy atom. The van der Waals surface area contributed by atoms with Gasteiger partial charge >= 0.3 is 0 Å². The van der Waals surface area contributed by atoms with Crippen LogP contribution in [0.1, 0.15) is 55.5 Å². The van der Waals surface area contributed by atoms with E-state index in [-0.39, 0.29) is 5.60 Å². The molecule has 17 heavy (non-hydrogen) atoms. The van der Waals surface area contributed by atoms with Gasteiger partial charge in [-0.2, -0.15) is 0 Å². The van der Waals surface area contributed by atoms with E-state index in [1.165, 1.54) is 12.8 Å². The maximum absolute atomic E-state index is 9.56. The molecular formula is C13H21NO2S. The molecule has 0 aromatic carbocycles. The van der Waals surface area contributed by atoms with Crippen molar-refractivity contribution in [2.75, 3.05) is 7.11 Å². The summed E-state index contributed by atoms with van der Waals surface area (Å²) in [5.41, 5.74) is -0.204. The maximum Gasteiger partial charge on any atom is 0.125 e. The van der Waals surface area contributed by atoms with Crippen molar-refractivity contribution in [1.82, 2.24) is 4.98 Å². The minimum Gasteiger partial charge on any atom is -0.388 e. The Balaban J connectivity index is 2.22. The average molecular weight is 255 g/mol. The number of ether oxygens (including phenoxy) is 1. The van der Waals surface area contributed by atoms with E-state index < -0.39 is 6.10 Å².